The molecule has 6 aromatic rings. The molecular formula is C29H22FN7. The molecule has 7 nitrogen and oxygen atoms in total. The van der Waals surface area contributed by atoms with E-state index in [2.05, 4.69) is 48.7 Å². The number of benzene rings is 2. The third-order valence-corrected chi connectivity index (χ3v) is 7.15. The fourth-order valence-corrected chi connectivity index (χ4v) is 5.47. The van der Waals surface area contributed by atoms with Gasteiger partial charge in [-0.05, 0) is 77.7 Å². The molecule has 8 heteroatoms. The van der Waals surface area contributed by atoms with Gasteiger partial charge in [0.15, 0.2) is 5.82 Å². The molecule has 7 rings (SSSR count). The standard InChI is InChI=1S/C29H22FN7/c30-21-7-5-18(6-8-21)27-34-28(37-36-27)25-17-23-22-3-1-2-4-24(22)33-26(23)29(35-25,19-9-13-31-14-10-19)20-11-15-32-16-12-20/h1-16,25,33,35H,17H2,(H,34,36,37). The first-order valence-corrected chi connectivity index (χ1v) is 12.1. The fourth-order valence-electron chi connectivity index (χ4n) is 5.47. The van der Waals surface area contributed by atoms with Crippen molar-refractivity contribution < 1.29 is 4.39 Å². The number of fused-ring (bicyclic) bond motifs is 3. The molecule has 0 amide bonds. The molecule has 1 aliphatic rings. The van der Waals surface area contributed by atoms with Gasteiger partial charge in [-0.15, -0.1) is 0 Å². The quantitative estimate of drug-likeness (QED) is 0.323. The zero-order valence-corrected chi connectivity index (χ0v) is 19.7. The Hall–Kier alpha value is -4.69. The summed E-state index contributed by atoms with van der Waals surface area (Å²) in [5.74, 6) is 0.947. The average Bonchev–Trinajstić information content (AvgIpc) is 3.60. The van der Waals surface area contributed by atoms with Gasteiger partial charge in [-0.25, -0.2) is 9.37 Å². The van der Waals surface area contributed by atoms with Crippen LogP contribution < -0.4 is 5.32 Å². The third-order valence-electron chi connectivity index (χ3n) is 7.15. The lowest BCUT2D eigenvalue weighted by molar-refractivity contribution is 0.350. The van der Waals surface area contributed by atoms with Crippen LogP contribution in [0.4, 0.5) is 4.39 Å². The number of hydrogen-bond acceptors (Lipinski definition) is 5. The predicted octanol–water partition coefficient (Wildman–Crippen LogP) is 5.06. The lowest BCUT2D eigenvalue weighted by Crippen LogP contribution is -2.51. The highest BCUT2D eigenvalue weighted by Crippen LogP contribution is 2.46. The summed E-state index contributed by atoms with van der Waals surface area (Å²) in [5, 5.41) is 12.7. The molecule has 0 bridgehead atoms. The molecule has 0 saturated carbocycles. The molecule has 3 N–H and O–H groups in total. The molecule has 180 valence electrons. The molecule has 0 saturated heterocycles. The highest BCUT2D eigenvalue weighted by molar-refractivity contribution is 5.86. The van der Waals surface area contributed by atoms with Gasteiger partial charge in [-0.2, -0.15) is 5.10 Å². The summed E-state index contributed by atoms with van der Waals surface area (Å²) in [4.78, 5) is 17.1. The minimum atomic E-state index is -0.716. The number of rotatable bonds is 4. The Bertz CT molecular complexity index is 1650. The summed E-state index contributed by atoms with van der Waals surface area (Å²) in [7, 11) is 0. The number of halogens is 1. The van der Waals surface area contributed by atoms with Gasteiger partial charge in [-0.3, -0.25) is 20.4 Å². The lowest BCUT2D eigenvalue weighted by Gasteiger charge is -2.42. The second-order valence-corrected chi connectivity index (χ2v) is 9.20. The van der Waals surface area contributed by atoms with Crippen LogP contribution >= 0.6 is 0 Å². The van der Waals surface area contributed by atoms with Crippen LogP contribution in [0.25, 0.3) is 22.3 Å². The van der Waals surface area contributed by atoms with Crippen LogP contribution in [-0.2, 0) is 12.0 Å². The van der Waals surface area contributed by atoms with Gasteiger partial charge >= 0.3 is 0 Å². The van der Waals surface area contributed by atoms with Crippen molar-refractivity contribution in [1.82, 2.24) is 35.5 Å². The summed E-state index contributed by atoms with van der Waals surface area (Å²) >= 11 is 0. The molecule has 2 aromatic carbocycles. The topological polar surface area (TPSA) is 95.2 Å². The molecule has 1 aliphatic heterocycles. The SMILES string of the molecule is Fc1ccc(-c2n[nH]c(C3Cc4c([nH]c5ccccc45)C(c4ccncc4)(c4ccncc4)N3)n2)cc1. The van der Waals surface area contributed by atoms with Crippen LogP contribution in [0.15, 0.2) is 97.6 Å². The van der Waals surface area contributed by atoms with E-state index in [1.807, 2.05) is 55.1 Å². The number of aromatic amines is 2. The summed E-state index contributed by atoms with van der Waals surface area (Å²) in [6, 6.07) is 22.5. The second-order valence-electron chi connectivity index (χ2n) is 9.20. The molecule has 0 spiro atoms. The van der Waals surface area contributed by atoms with E-state index in [4.69, 9.17) is 4.98 Å². The summed E-state index contributed by atoms with van der Waals surface area (Å²) in [6.45, 7) is 0. The van der Waals surface area contributed by atoms with E-state index in [-0.39, 0.29) is 11.9 Å². The highest BCUT2D eigenvalue weighted by atomic mass is 19.1. The number of H-pyrrole nitrogens is 2. The van der Waals surface area contributed by atoms with Crippen molar-refractivity contribution in [3.8, 4) is 11.4 Å². The maximum absolute atomic E-state index is 13.5. The van der Waals surface area contributed by atoms with Gasteiger partial charge in [0, 0.05) is 46.9 Å². The van der Waals surface area contributed by atoms with E-state index >= 15 is 0 Å². The predicted molar refractivity (Wildman–Crippen MR) is 138 cm³/mol. The van der Waals surface area contributed by atoms with Gasteiger partial charge in [0.25, 0.3) is 0 Å². The minimum absolute atomic E-state index is 0.185. The van der Waals surface area contributed by atoms with E-state index in [9.17, 15) is 4.39 Å². The van der Waals surface area contributed by atoms with Crippen molar-refractivity contribution in [2.24, 2.45) is 0 Å². The number of aromatic nitrogens is 6. The molecule has 4 aromatic heterocycles. The van der Waals surface area contributed by atoms with Gasteiger partial charge in [0.05, 0.1) is 6.04 Å². The first kappa shape index (κ1) is 21.6. The maximum atomic E-state index is 13.5. The van der Waals surface area contributed by atoms with Crippen LogP contribution in [-0.4, -0.2) is 30.1 Å². The fraction of sp³-hybridized carbons (Fsp3) is 0.103. The largest absolute Gasteiger partial charge is 0.356 e. The summed E-state index contributed by atoms with van der Waals surface area (Å²) in [5.41, 5.74) is 5.50. The Kier molecular flexibility index (Phi) is 4.93. The van der Waals surface area contributed by atoms with Gasteiger partial charge < -0.3 is 4.98 Å². The number of hydrogen-bond donors (Lipinski definition) is 3. The van der Waals surface area contributed by atoms with Crippen LogP contribution in [0.3, 0.4) is 0 Å². The van der Waals surface area contributed by atoms with Gasteiger partial charge in [0.1, 0.15) is 17.2 Å². The second kappa shape index (κ2) is 8.46. The third kappa shape index (κ3) is 3.45. The Morgan fingerprint density at radius 3 is 2.19 bits per heavy atom. The normalized spacial score (nSPS) is 16.5. The number of pyridine rings is 2. The maximum Gasteiger partial charge on any atom is 0.181 e. The van der Waals surface area contributed by atoms with Gasteiger partial charge in [-0.1, -0.05) is 18.2 Å². The van der Waals surface area contributed by atoms with Crippen LogP contribution in [0.1, 0.15) is 34.3 Å². The summed E-state index contributed by atoms with van der Waals surface area (Å²) in [6.07, 6.45) is 7.95. The van der Waals surface area contributed by atoms with E-state index in [1.165, 1.54) is 23.1 Å². The molecule has 5 heterocycles. The van der Waals surface area contributed by atoms with Crippen LogP contribution in [0, 0.1) is 5.82 Å². The van der Waals surface area contributed by atoms with E-state index in [1.54, 1.807) is 12.1 Å². The van der Waals surface area contributed by atoms with Crippen molar-refractivity contribution in [3.05, 3.63) is 132 Å². The Morgan fingerprint density at radius 1 is 0.811 bits per heavy atom. The van der Waals surface area contributed by atoms with E-state index in [0.29, 0.717) is 18.1 Å². The van der Waals surface area contributed by atoms with E-state index < -0.39 is 5.54 Å². The first-order chi connectivity index (χ1) is 18.2. The Labute approximate surface area is 211 Å². The Balaban J connectivity index is 1.44. The first-order valence-electron chi connectivity index (χ1n) is 12.1. The number of nitrogens with zero attached hydrogens (tertiary/aromatic N) is 4. The van der Waals surface area contributed by atoms with Crippen molar-refractivity contribution >= 4 is 10.9 Å². The highest BCUT2D eigenvalue weighted by Gasteiger charge is 2.46. The molecule has 0 radical (unpaired) electrons. The van der Waals surface area contributed by atoms with Crippen molar-refractivity contribution in [3.63, 3.8) is 0 Å². The zero-order chi connectivity index (χ0) is 24.8. The molecule has 1 unspecified atom stereocenters. The molecule has 1 atom stereocenters. The van der Waals surface area contributed by atoms with Crippen molar-refractivity contribution in [2.75, 3.05) is 0 Å². The Morgan fingerprint density at radius 2 is 1.49 bits per heavy atom. The van der Waals surface area contributed by atoms with Gasteiger partial charge in [0.2, 0.25) is 0 Å². The smallest absolute Gasteiger partial charge is 0.181 e. The number of para-hydroxylation sites is 1. The summed E-state index contributed by atoms with van der Waals surface area (Å²) < 4.78 is 13.5. The van der Waals surface area contributed by atoms with Crippen molar-refractivity contribution in [1.29, 1.82) is 0 Å². The molecule has 0 fully saturated rings. The minimum Gasteiger partial charge on any atom is -0.356 e. The van der Waals surface area contributed by atoms with Crippen molar-refractivity contribution in [2.45, 2.75) is 18.0 Å². The zero-order valence-electron chi connectivity index (χ0n) is 19.7. The number of nitrogens with one attached hydrogen (secondary N) is 3. The monoisotopic (exact) mass is 487 g/mol. The average molecular weight is 488 g/mol. The van der Waals surface area contributed by atoms with Crippen LogP contribution in [0.5, 0.6) is 0 Å². The molecule has 37 heavy (non-hydrogen) atoms. The molecule has 0 aliphatic carbocycles. The molecular weight excluding hydrogens is 465 g/mol. The lowest BCUT2D eigenvalue weighted by atomic mass is 9.74. The van der Waals surface area contributed by atoms with Crippen LogP contribution in [0.2, 0.25) is 0 Å². The van der Waals surface area contributed by atoms with E-state index in [0.717, 1.165) is 27.9 Å².